The predicted molar refractivity (Wildman–Crippen MR) is 74.3 cm³/mol. The third kappa shape index (κ3) is 4.21. The molecule has 1 aromatic rings. The molecule has 1 aliphatic heterocycles. The average molecular weight is 256 g/mol. The fraction of sp³-hybridized carbons (Fsp3) is 0.571. The maximum Gasteiger partial charge on any atom is 0.119 e. The number of halogens is 1. The summed E-state index contributed by atoms with van der Waals surface area (Å²) in [6.07, 6.45) is 1.24. The molecule has 0 spiro atoms. The van der Waals surface area contributed by atoms with Crippen LogP contribution >= 0.6 is 12.4 Å². The summed E-state index contributed by atoms with van der Waals surface area (Å²) in [5.74, 6) is 2.26. The standard InChI is InChI=1S/C14H21NO.ClH/c1-11(2)13-4-3-5-14(8-13)16-10-12-6-7-15-9-12;/h3-5,8,11-12,15H,6-7,9-10H2,1-2H3;1H/t12-;/m1./s1. The van der Waals surface area contributed by atoms with Gasteiger partial charge in [-0.2, -0.15) is 0 Å². The molecule has 2 nitrogen and oxygen atoms in total. The molecule has 1 fully saturated rings. The van der Waals surface area contributed by atoms with Crippen LogP contribution in [0.15, 0.2) is 24.3 Å². The van der Waals surface area contributed by atoms with Crippen molar-refractivity contribution in [2.75, 3.05) is 19.7 Å². The topological polar surface area (TPSA) is 21.3 Å². The monoisotopic (exact) mass is 255 g/mol. The smallest absolute Gasteiger partial charge is 0.119 e. The second-order valence-electron chi connectivity index (χ2n) is 4.90. The molecular formula is C14H22ClNO. The molecule has 0 radical (unpaired) electrons. The van der Waals surface area contributed by atoms with Crippen molar-refractivity contribution in [2.24, 2.45) is 5.92 Å². The van der Waals surface area contributed by atoms with Crippen molar-refractivity contribution in [2.45, 2.75) is 26.2 Å². The Labute approximate surface area is 110 Å². The second-order valence-corrected chi connectivity index (χ2v) is 4.90. The van der Waals surface area contributed by atoms with Crippen LogP contribution in [-0.4, -0.2) is 19.7 Å². The van der Waals surface area contributed by atoms with Gasteiger partial charge < -0.3 is 10.1 Å². The maximum atomic E-state index is 5.84. The summed E-state index contributed by atoms with van der Waals surface area (Å²) >= 11 is 0. The van der Waals surface area contributed by atoms with E-state index in [9.17, 15) is 0 Å². The average Bonchev–Trinajstić information content (AvgIpc) is 2.79. The zero-order valence-electron chi connectivity index (χ0n) is 10.6. The van der Waals surface area contributed by atoms with E-state index in [2.05, 4.69) is 37.4 Å². The Bertz CT molecular complexity index is 335. The molecule has 1 N–H and O–H groups in total. The minimum absolute atomic E-state index is 0. The van der Waals surface area contributed by atoms with E-state index < -0.39 is 0 Å². The minimum Gasteiger partial charge on any atom is -0.493 e. The first-order valence-corrected chi connectivity index (χ1v) is 6.19. The zero-order chi connectivity index (χ0) is 11.4. The van der Waals surface area contributed by atoms with Crippen molar-refractivity contribution < 1.29 is 4.74 Å². The van der Waals surface area contributed by atoms with E-state index in [4.69, 9.17) is 4.74 Å². The van der Waals surface area contributed by atoms with E-state index in [-0.39, 0.29) is 12.4 Å². The van der Waals surface area contributed by atoms with Gasteiger partial charge in [0.15, 0.2) is 0 Å². The first-order valence-electron chi connectivity index (χ1n) is 6.19. The zero-order valence-corrected chi connectivity index (χ0v) is 11.4. The lowest BCUT2D eigenvalue weighted by atomic mass is 10.0. The highest BCUT2D eigenvalue weighted by Gasteiger charge is 2.14. The molecule has 1 heterocycles. The summed E-state index contributed by atoms with van der Waals surface area (Å²) in [6.45, 7) is 7.50. The fourth-order valence-electron chi connectivity index (χ4n) is 2.03. The van der Waals surface area contributed by atoms with Gasteiger partial charge in [0.2, 0.25) is 0 Å². The molecule has 2 rings (SSSR count). The van der Waals surface area contributed by atoms with Gasteiger partial charge in [-0.1, -0.05) is 26.0 Å². The molecule has 0 amide bonds. The number of rotatable bonds is 4. The first-order chi connectivity index (χ1) is 7.75. The predicted octanol–water partition coefficient (Wildman–Crippen LogP) is 3.22. The molecule has 96 valence electrons. The molecule has 0 bridgehead atoms. The lowest BCUT2D eigenvalue weighted by Gasteiger charge is -2.12. The van der Waals surface area contributed by atoms with Crippen LogP contribution in [0.3, 0.4) is 0 Å². The van der Waals surface area contributed by atoms with E-state index in [1.807, 2.05) is 6.07 Å². The van der Waals surface area contributed by atoms with Gasteiger partial charge in [-0.05, 0) is 36.6 Å². The van der Waals surface area contributed by atoms with E-state index >= 15 is 0 Å². The summed E-state index contributed by atoms with van der Waals surface area (Å²) in [7, 11) is 0. The Morgan fingerprint density at radius 2 is 2.24 bits per heavy atom. The van der Waals surface area contributed by atoms with Crippen LogP contribution in [0.1, 0.15) is 31.7 Å². The van der Waals surface area contributed by atoms with Crippen LogP contribution < -0.4 is 10.1 Å². The SMILES string of the molecule is CC(C)c1cccc(OC[C@@H]2CCNC2)c1.Cl. The lowest BCUT2D eigenvalue weighted by Crippen LogP contribution is -2.15. The summed E-state index contributed by atoms with van der Waals surface area (Å²) in [4.78, 5) is 0. The van der Waals surface area contributed by atoms with Crippen LogP contribution in [0.5, 0.6) is 5.75 Å². The molecule has 0 aromatic heterocycles. The third-order valence-corrected chi connectivity index (χ3v) is 3.17. The Morgan fingerprint density at radius 1 is 1.41 bits per heavy atom. The molecule has 1 aliphatic rings. The van der Waals surface area contributed by atoms with E-state index in [0.717, 1.165) is 25.4 Å². The van der Waals surface area contributed by atoms with Crippen molar-refractivity contribution in [3.05, 3.63) is 29.8 Å². The van der Waals surface area contributed by atoms with Gasteiger partial charge in [0.05, 0.1) is 6.61 Å². The van der Waals surface area contributed by atoms with E-state index in [1.165, 1.54) is 12.0 Å². The minimum atomic E-state index is 0. The Kier molecular flexibility index (Phi) is 5.79. The summed E-state index contributed by atoms with van der Waals surface area (Å²) in [6, 6.07) is 8.45. The van der Waals surface area contributed by atoms with Crippen molar-refractivity contribution in [1.82, 2.24) is 5.32 Å². The van der Waals surface area contributed by atoms with Crippen molar-refractivity contribution in [3.8, 4) is 5.75 Å². The van der Waals surface area contributed by atoms with Crippen LogP contribution in [0, 0.1) is 5.92 Å². The quantitative estimate of drug-likeness (QED) is 0.892. The number of hydrogen-bond acceptors (Lipinski definition) is 2. The number of hydrogen-bond donors (Lipinski definition) is 1. The molecule has 1 saturated heterocycles. The molecular weight excluding hydrogens is 234 g/mol. The number of nitrogens with one attached hydrogen (secondary N) is 1. The molecule has 0 aliphatic carbocycles. The highest BCUT2D eigenvalue weighted by atomic mass is 35.5. The summed E-state index contributed by atoms with van der Waals surface area (Å²) in [5, 5.41) is 3.36. The van der Waals surface area contributed by atoms with Crippen molar-refractivity contribution in [1.29, 1.82) is 0 Å². The molecule has 0 unspecified atom stereocenters. The Hall–Kier alpha value is -0.730. The van der Waals surface area contributed by atoms with Gasteiger partial charge in [0, 0.05) is 12.5 Å². The van der Waals surface area contributed by atoms with Gasteiger partial charge >= 0.3 is 0 Å². The first kappa shape index (κ1) is 14.3. The molecule has 0 saturated carbocycles. The molecule has 1 aromatic carbocycles. The third-order valence-electron chi connectivity index (χ3n) is 3.17. The van der Waals surface area contributed by atoms with Crippen LogP contribution in [-0.2, 0) is 0 Å². The van der Waals surface area contributed by atoms with Gasteiger partial charge in [-0.15, -0.1) is 12.4 Å². The highest BCUT2D eigenvalue weighted by Crippen LogP contribution is 2.21. The van der Waals surface area contributed by atoms with Gasteiger partial charge in [-0.3, -0.25) is 0 Å². The van der Waals surface area contributed by atoms with Crippen LogP contribution in [0.25, 0.3) is 0 Å². The number of benzene rings is 1. The van der Waals surface area contributed by atoms with Gasteiger partial charge in [0.1, 0.15) is 5.75 Å². The maximum absolute atomic E-state index is 5.84. The normalized spacial score (nSPS) is 19.1. The Morgan fingerprint density at radius 3 is 2.88 bits per heavy atom. The highest BCUT2D eigenvalue weighted by molar-refractivity contribution is 5.85. The molecule has 17 heavy (non-hydrogen) atoms. The molecule has 1 atom stereocenters. The Balaban J connectivity index is 0.00000144. The fourth-order valence-corrected chi connectivity index (χ4v) is 2.03. The van der Waals surface area contributed by atoms with Crippen molar-refractivity contribution in [3.63, 3.8) is 0 Å². The molecule has 3 heteroatoms. The lowest BCUT2D eigenvalue weighted by molar-refractivity contribution is 0.260. The van der Waals surface area contributed by atoms with Crippen molar-refractivity contribution >= 4 is 12.4 Å². The number of ether oxygens (including phenoxy) is 1. The largest absolute Gasteiger partial charge is 0.493 e. The van der Waals surface area contributed by atoms with Gasteiger partial charge in [0.25, 0.3) is 0 Å². The van der Waals surface area contributed by atoms with E-state index in [0.29, 0.717) is 11.8 Å². The van der Waals surface area contributed by atoms with Gasteiger partial charge in [-0.25, -0.2) is 0 Å². The van der Waals surface area contributed by atoms with Crippen LogP contribution in [0.4, 0.5) is 0 Å². The summed E-state index contributed by atoms with van der Waals surface area (Å²) in [5.41, 5.74) is 1.35. The van der Waals surface area contributed by atoms with Crippen LogP contribution in [0.2, 0.25) is 0 Å². The summed E-state index contributed by atoms with van der Waals surface area (Å²) < 4.78 is 5.84. The second kappa shape index (κ2) is 6.87. The van der Waals surface area contributed by atoms with E-state index in [1.54, 1.807) is 0 Å².